The molecule has 2 aromatic carbocycles. The van der Waals surface area contributed by atoms with E-state index >= 15 is 0 Å². The number of halogens is 3. The highest BCUT2D eigenvalue weighted by atomic mass is 19.4. The number of hydrogen-bond donors (Lipinski definition) is 2. The van der Waals surface area contributed by atoms with Crippen molar-refractivity contribution in [3.05, 3.63) is 60.4 Å². The zero-order valence-corrected chi connectivity index (χ0v) is 17.3. The van der Waals surface area contributed by atoms with E-state index in [1.54, 1.807) is 0 Å². The number of imidazole rings is 1. The van der Waals surface area contributed by atoms with Crippen LogP contribution in [0, 0.1) is 0 Å². The van der Waals surface area contributed by atoms with Crippen molar-refractivity contribution in [3.8, 4) is 5.69 Å². The Hall–Kier alpha value is -3.40. The number of carboxylic acids is 1. The summed E-state index contributed by atoms with van der Waals surface area (Å²) in [5, 5.41) is 10.6. The van der Waals surface area contributed by atoms with Crippen molar-refractivity contribution in [2.24, 2.45) is 0 Å². The van der Waals surface area contributed by atoms with Crippen LogP contribution in [0.25, 0.3) is 16.7 Å². The number of para-hydroxylation sites is 2. The Bertz CT molecular complexity index is 1070. The molecule has 0 bridgehead atoms. The number of hydrogen-bond acceptors (Lipinski definition) is 4. The fourth-order valence-corrected chi connectivity index (χ4v) is 3.48. The van der Waals surface area contributed by atoms with Crippen LogP contribution in [0.5, 0.6) is 0 Å². The highest BCUT2D eigenvalue weighted by Crippen LogP contribution is 2.19. The maximum atomic E-state index is 12.6. The number of fused-ring (bicyclic) bond motifs is 1. The molecule has 3 aromatic rings. The molecule has 2 heterocycles. The van der Waals surface area contributed by atoms with E-state index in [1.165, 1.54) is 6.42 Å². The summed E-state index contributed by atoms with van der Waals surface area (Å²) in [5.74, 6) is -2.69. The summed E-state index contributed by atoms with van der Waals surface area (Å²) in [4.78, 5) is 27.7. The van der Waals surface area contributed by atoms with Gasteiger partial charge in [0.25, 0.3) is 5.91 Å². The van der Waals surface area contributed by atoms with Gasteiger partial charge in [-0.05, 0) is 55.8 Å². The van der Waals surface area contributed by atoms with Gasteiger partial charge < -0.3 is 15.3 Å². The van der Waals surface area contributed by atoms with E-state index in [9.17, 15) is 18.0 Å². The highest BCUT2D eigenvalue weighted by Gasteiger charge is 2.38. The normalized spacial score (nSPS) is 15.8. The van der Waals surface area contributed by atoms with E-state index in [4.69, 9.17) is 9.90 Å². The Kier molecular flexibility index (Phi) is 7.14. The van der Waals surface area contributed by atoms with Crippen molar-refractivity contribution in [1.82, 2.24) is 19.8 Å². The number of amides is 1. The molecule has 1 aromatic heterocycles. The second kappa shape index (κ2) is 9.82. The van der Waals surface area contributed by atoms with Gasteiger partial charge in [-0.2, -0.15) is 13.2 Å². The summed E-state index contributed by atoms with van der Waals surface area (Å²) in [6, 6.07) is 16.2. The van der Waals surface area contributed by atoms with Crippen LogP contribution in [0.4, 0.5) is 13.2 Å². The summed E-state index contributed by atoms with van der Waals surface area (Å²) in [6.07, 6.45) is -0.927. The largest absolute Gasteiger partial charge is 0.490 e. The molecule has 170 valence electrons. The number of aliphatic carboxylic acids is 1. The Labute approximate surface area is 182 Å². The van der Waals surface area contributed by atoms with E-state index in [0.717, 1.165) is 36.2 Å². The Morgan fingerprint density at radius 2 is 1.84 bits per heavy atom. The molecule has 7 nitrogen and oxygen atoms in total. The second-order valence-electron chi connectivity index (χ2n) is 7.43. The van der Waals surface area contributed by atoms with Crippen molar-refractivity contribution in [2.75, 3.05) is 20.1 Å². The minimum absolute atomic E-state index is 0.0655. The van der Waals surface area contributed by atoms with Gasteiger partial charge in [0, 0.05) is 30.9 Å². The minimum atomic E-state index is -5.08. The van der Waals surface area contributed by atoms with Gasteiger partial charge in [-0.3, -0.25) is 9.36 Å². The van der Waals surface area contributed by atoms with E-state index in [1.807, 2.05) is 71.4 Å². The number of alkyl halides is 3. The quantitative estimate of drug-likeness (QED) is 0.638. The molecule has 1 amide bonds. The van der Waals surface area contributed by atoms with Crippen molar-refractivity contribution in [3.63, 3.8) is 0 Å². The van der Waals surface area contributed by atoms with Crippen LogP contribution >= 0.6 is 0 Å². The highest BCUT2D eigenvalue weighted by molar-refractivity contribution is 5.94. The Morgan fingerprint density at radius 3 is 2.44 bits per heavy atom. The average Bonchev–Trinajstić information content (AvgIpc) is 3.43. The number of carboxylic acid groups (broad SMARTS) is 1. The fourth-order valence-electron chi connectivity index (χ4n) is 3.48. The van der Waals surface area contributed by atoms with Gasteiger partial charge in [0.05, 0.1) is 11.0 Å². The molecule has 1 unspecified atom stereocenters. The lowest BCUT2D eigenvalue weighted by Crippen LogP contribution is -2.38. The Morgan fingerprint density at radius 1 is 1.19 bits per heavy atom. The third-order valence-electron chi connectivity index (χ3n) is 5.09. The van der Waals surface area contributed by atoms with Crippen LogP contribution in [0.3, 0.4) is 0 Å². The second-order valence-corrected chi connectivity index (χ2v) is 7.43. The standard InChI is InChI=1S/C20H22N4O.C2HF3O2/c1-23(13-16-5-4-12-21-16)20(25)15-8-10-17(11-9-15)24-14-22-18-6-2-3-7-19(18)24;3-2(4,5)1(6)7/h2-3,6-11,14,16,21H,4-5,12-13H2,1H3;(H,6,7). The monoisotopic (exact) mass is 448 g/mol. The predicted octanol–water partition coefficient (Wildman–Crippen LogP) is 3.48. The van der Waals surface area contributed by atoms with E-state index in [0.29, 0.717) is 11.6 Å². The average molecular weight is 448 g/mol. The molecule has 1 aliphatic heterocycles. The minimum Gasteiger partial charge on any atom is -0.475 e. The molecule has 1 atom stereocenters. The van der Waals surface area contributed by atoms with Gasteiger partial charge in [0.2, 0.25) is 0 Å². The molecule has 4 rings (SSSR count). The number of carbonyl (C=O) groups excluding carboxylic acids is 1. The lowest BCUT2D eigenvalue weighted by atomic mass is 10.1. The molecule has 2 N–H and O–H groups in total. The number of rotatable bonds is 4. The maximum Gasteiger partial charge on any atom is 0.490 e. The van der Waals surface area contributed by atoms with Gasteiger partial charge in [0.1, 0.15) is 6.33 Å². The summed E-state index contributed by atoms with van der Waals surface area (Å²) in [6.45, 7) is 1.81. The third kappa shape index (κ3) is 5.64. The number of nitrogens with zero attached hydrogens (tertiary/aromatic N) is 3. The van der Waals surface area contributed by atoms with Gasteiger partial charge in [-0.15, -0.1) is 0 Å². The SMILES string of the molecule is CN(CC1CCCN1)C(=O)c1ccc(-n2cnc3ccccc32)cc1.O=C(O)C(F)(F)F. The fraction of sp³-hybridized carbons (Fsp3) is 0.318. The van der Waals surface area contributed by atoms with Gasteiger partial charge in [0.15, 0.2) is 0 Å². The number of likely N-dealkylation sites (N-methyl/N-ethyl adjacent to an activating group) is 1. The first-order valence-electron chi connectivity index (χ1n) is 9.98. The summed E-state index contributed by atoms with van der Waals surface area (Å²) < 4.78 is 33.8. The predicted molar refractivity (Wildman–Crippen MR) is 113 cm³/mol. The van der Waals surface area contributed by atoms with E-state index in [-0.39, 0.29) is 5.91 Å². The van der Waals surface area contributed by atoms with Gasteiger partial charge >= 0.3 is 12.1 Å². The first kappa shape index (κ1) is 23.3. The zero-order chi connectivity index (χ0) is 23.3. The van der Waals surface area contributed by atoms with Gasteiger partial charge in [-0.25, -0.2) is 9.78 Å². The first-order chi connectivity index (χ1) is 15.2. The number of carbonyl (C=O) groups is 2. The zero-order valence-electron chi connectivity index (χ0n) is 17.3. The molecule has 10 heteroatoms. The molecule has 1 aliphatic rings. The van der Waals surface area contributed by atoms with Crippen LogP contribution in [0.1, 0.15) is 23.2 Å². The van der Waals surface area contributed by atoms with E-state index in [2.05, 4.69) is 10.3 Å². The Balaban J connectivity index is 0.000000360. The van der Waals surface area contributed by atoms with Crippen LogP contribution in [-0.2, 0) is 4.79 Å². The molecule has 0 saturated carbocycles. The van der Waals surface area contributed by atoms with Crippen LogP contribution < -0.4 is 5.32 Å². The first-order valence-corrected chi connectivity index (χ1v) is 9.98. The molecule has 1 saturated heterocycles. The molecule has 1 fully saturated rings. The number of nitrogens with one attached hydrogen (secondary N) is 1. The summed E-state index contributed by atoms with van der Waals surface area (Å²) >= 11 is 0. The van der Waals surface area contributed by atoms with Gasteiger partial charge in [-0.1, -0.05) is 12.1 Å². The molecule has 0 radical (unpaired) electrons. The lowest BCUT2D eigenvalue weighted by Gasteiger charge is -2.21. The maximum absolute atomic E-state index is 12.6. The molecule has 0 aliphatic carbocycles. The number of benzene rings is 2. The molecule has 32 heavy (non-hydrogen) atoms. The number of aromatic nitrogens is 2. The van der Waals surface area contributed by atoms with Crippen LogP contribution in [-0.4, -0.2) is 63.8 Å². The topological polar surface area (TPSA) is 87.5 Å². The summed E-state index contributed by atoms with van der Waals surface area (Å²) in [5.41, 5.74) is 3.75. The molecule has 0 spiro atoms. The third-order valence-corrected chi connectivity index (χ3v) is 5.09. The smallest absolute Gasteiger partial charge is 0.475 e. The van der Waals surface area contributed by atoms with Crippen molar-refractivity contribution in [2.45, 2.75) is 25.1 Å². The lowest BCUT2D eigenvalue weighted by molar-refractivity contribution is -0.192. The molecular weight excluding hydrogens is 425 g/mol. The summed E-state index contributed by atoms with van der Waals surface area (Å²) in [7, 11) is 1.87. The van der Waals surface area contributed by atoms with Crippen molar-refractivity contribution >= 4 is 22.9 Å². The van der Waals surface area contributed by atoms with Crippen LogP contribution in [0.15, 0.2) is 54.9 Å². The van der Waals surface area contributed by atoms with Crippen molar-refractivity contribution in [1.29, 1.82) is 0 Å². The van der Waals surface area contributed by atoms with Crippen molar-refractivity contribution < 1.29 is 27.9 Å². The molecular formula is C22H23F3N4O3. The van der Waals surface area contributed by atoms with E-state index < -0.39 is 12.1 Å². The van der Waals surface area contributed by atoms with Crippen LogP contribution in [0.2, 0.25) is 0 Å².